The van der Waals surface area contributed by atoms with Crippen LogP contribution < -0.4 is 0 Å². The van der Waals surface area contributed by atoms with Gasteiger partial charge in [-0.15, -0.1) is 0 Å². The van der Waals surface area contributed by atoms with E-state index in [2.05, 4.69) is 0 Å². The van der Waals surface area contributed by atoms with Crippen LogP contribution in [0.2, 0.25) is 26.2 Å². The van der Waals surface area contributed by atoms with Crippen molar-refractivity contribution in [2.75, 3.05) is 0 Å². The number of hydrogen-bond donors (Lipinski definition) is 0. The van der Waals surface area contributed by atoms with Crippen LogP contribution in [0, 0.1) is 0 Å². The molecule has 0 radical (unpaired) electrons. The van der Waals surface area contributed by atoms with Crippen molar-refractivity contribution in [3.8, 4) is 0 Å². The molecule has 0 aliphatic heterocycles. The Hall–Kier alpha value is 0.0338. The zero-order valence-electron chi connectivity index (χ0n) is 5.82. The first-order chi connectivity index (χ1) is 3.42. The van der Waals surface area contributed by atoms with Gasteiger partial charge < -0.3 is 8.58 Å². The second-order valence-electron chi connectivity index (χ2n) is 2.71. The Labute approximate surface area is 52.8 Å². The van der Waals surface area contributed by atoms with Crippen molar-refractivity contribution < 1.29 is 8.58 Å². The molecule has 0 saturated heterocycles. The zero-order valence-corrected chi connectivity index (χ0v) is 7.82. The molecule has 0 rings (SSSR count). The summed E-state index contributed by atoms with van der Waals surface area (Å²) in [6.45, 7) is 7.71. The highest BCUT2D eigenvalue weighted by Crippen LogP contribution is 2.00. The topological polar surface area (TPSA) is 26.3 Å². The van der Waals surface area contributed by atoms with Gasteiger partial charge in [0.25, 0.3) is 0 Å². The molecule has 2 nitrogen and oxygen atoms in total. The minimum absolute atomic E-state index is 1.49. The molecule has 8 heavy (non-hydrogen) atoms. The lowest BCUT2D eigenvalue weighted by molar-refractivity contribution is 0.459. The van der Waals surface area contributed by atoms with Gasteiger partial charge in [0, 0.05) is 6.55 Å². The summed E-state index contributed by atoms with van der Waals surface area (Å²) >= 11 is 0. The molecule has 0 aliphatic carbocycles. The van der Waals surface area contributed by atoms with Crippen molar-refractivity contribution in [3.05, 3.63) is 0 Å². The van der Waals surface area contributed by atoms with Gasteiger partial charge in [-0.1, -0.05) is 0 Å². The largest absolute Gasteiger partial charge is 0.579 e. The van der Waals surface area contributed by atoms with E-state index >= 15 is 0 Å². The molecule has 0 aliphatic rings. The van der Waals surface area contributed by atoms with Crippen LogP contribution in [-0.4, -0.2) is 17.2 Å². The van der Waals surface area contributed by atoms with E-state index in [1.807, 2.05) is 19.6 Å². The van der Waals surface area contributed by atoms with E-state index in [0.717, 1.165) is 0 Å². The Bertz CT molecular complexity index is 94.7. The standard InChI is InChI=1S/C4H12O2Si2/c1-7(5)6-8(2,3)4/h1-4H3. The summed E-state index contributed by atoms with van der Waals surface area (Å²) in [6.07, 6.45) is 0. The lowest BCUT2D eigenvalue weighted by atomic mass is 11.8. The summed E-state index contributed by atoms with van der Waals surface area (Å²) in [7, 11) is -3.17. The minimum atomic E-state index is -1.68. The van der Waals surface area contributed by atoms with E-state index in [9.17, 15) is 4.46 Å². The first-order valence-electron chi connectivity index (χ1n) is 2.61. The van der Waals surface area contributed by atoms with Crippen LogP contribution in [0.1, 0.15) is 0 Å². The molecular formula is C4H12O2Si2. The van der Waals surface area contributed by atoms with Crippen LogP contribution in [-0.2, 0) is 8.58 Å². The van der Waals surface area contributed by atoms with E-state index in [1.54, 1.807) is 6.55 Å². The van der Waals surface area contributed by atoms with Crippen LogP contribution in [0.5, 0.6) is 0 Å². The van der Waals surface area contributed by atoms with Crippen molar-refractivity contribution in [2.45, 2.75) is 26.2 Å². The summed E-state index contributed by atoms with van der Waals surface area (Å²) in [6, 6.07) is 0. The van der Waals surface area contributed by atoms with E-state index in [0.29, 0.717) is 0 Å². The number of rotatable bonds is 2. The fourth-order valence-corrected chi connectivity index (χ4v) is 3.88. The molecule has 48 valence electrons. The average molecular weight is 148 g/mol. The Morgan fingerprint density at radius 1 is 1.38 bits per heavy atom. The van der Waals surface area contributed by atoms with Gasteiger partial charge >= 0.3 is 8.93 Å². The van der Waals surface area contributed by atoms with Crippen molar-refractivity contribution in [3.63, 3.8) is 0 Å². The fraction of sp³-hybridized carbons (Fsp3) is 1.00. The van der Waals surface area contributed by atoms with Gasteiger partial charge in [-0.2, -0.15) is 0 Å². The molecule has 0 aromatic heterocycles. The monoisotopic (exact) mass is 148 g/mol. The zero-order chi connectivity index (χ0) is 6.78. The van der Waals surface area contributed by atoms with Gasteiger partial charge in [0.05, 0.1) is 0 Å². The third-order valence-corrected chi connectivity index (χ3v) is 4.05. The fourth-order valence-electron chi connectivity index (χ4n) is 0.431. The smallest absolute Gasteiger partial charge is 0.484 e. The van der Waals surface area contributed by atoms with Crippen molar-refractivity contribution in [2.24, 2.45) is 0 Å². The summed E-state index contributed by atoms with van der Waals surface area (Å²) < 4.78 is 15.6. The van der Waals surface area contributed by atoms with Gasteiger partial charge in [-0.3, -0.25) is 0 Å². The highest BCUT2D eigenvalue weighted by atomic mass is 28.4. The van der Waals surface area contributed by atoms with Crippen LogP contribution >= 0.6 is 0 Å². The second-order valence-corrected chi connectivity index (χ2v) is 8.73. The predicted molar refractivity (Wildman–Crippen MR) is 36.7 cm³/mol. The Morgan fingerprint density at radius 2 is 1.75 bits per heavy atom. The van der Waals surface area contributed by atoms with Gasteiger partial charge in [-0.25, -0.2) is 0 Å². The van der Waals surface area contributed by atoms with Crippen LogP contribution in [0.4, 0.5) is 0 Å². The van der Waals surface area contributed by atoms with Crippen molar-refractivity contribution in [1.82, 2.24) is 0 Å². The highest BCUT2D eigenvalue weighted by molar-refractivity contribution is 6.74. The van der Waals surface area contributed by atoms with E-state index < -0.39 is 17.2 Å². The van der Waals surface area contributed by atoms with Gasteiger partial charge in [-0.05, 0) is 19.6 Å². The van der Waals surface area contributed by atoms with Gasteiger partial charge in [0.15, 0.2) is 0 Å². The third kappa shape index (κ3) is 6.03. The molecule has 0 unspecified atom stereocenters. The molecule has 0 fully saturated rings. The maximum atomic E-state index is 10.5. The summed E-state index contributed by atoms with van der Waals surface area (Å²) in [5.74, 6) is 0. The summed E-state index contributed by atoms with van der Waals surface area (Å²) in [5.41, 5.74) is 0. The average Bonchev–Trinajstić information content (AvgIpc) is 1.21. The Morgan fingerprint density at radius 3 is 1.75 bits per heavy atom. The molecule has 0 heterocycles. The predicted octanol–water partition coefficient (Wildman–Crippen LogP) is 1.39. The van der Waals surface area contributed by atoms with Gasteiger partial charge in [0.2, 0.25) is 8.32 Å². The quantitative estimate of drug-likeness (QED) is 0.553. The van der Waals surface area contributed by atoms with Crippen LogP contribution in [0.15, 0.2) is 0 Å². The van der Waals surface area contributed by atoms with E-state index in [4.69, 9.17) is 4.12 Å². The van der Waals surface area contributed by atoms with Crippen LogP contribution in [0.3, 0.4) is 0 Å². The third-order valence-electron chi connectivity index (χ3n) is 0.450. The highest BCUT2D eigenvalue weighted by Gasteiger charge is 2.16. The van der Waals surface area contributed by atoms with E-state index in [-0.39, 0.29) is 0 Å². The minimum Gasteiger partial charge on any atom is -0.579 e. The summed E-state index contributed by atoms with van der Waals surface area (Å²) in [4.78, 5) is 0. The summed E-state index contributed by atoms with van der Waals surface area (Å²) in [5, 5.41) is 0. The normalized spacial score (nSPS) is 11.0. The lowest BCUT2D eigenvalue weighted by Crippen LogP contribution is -2.28. The Balaban J connectivity index is 3.55. The first kappa shape index (κ1) is 8.03. The molecule has 0 amide bonds. The molecule has 0 aromatic carbocycles. The van der Waals surface area contributed by atoms with Crippen molar-refractivity contribution in [1.29, 1.82) is 0 Å². The van der Waals surface area contributed by atoms with Gasteiger partial charge in [0.1, 0.15) is 0 Å². The maximum absolute atomic E-state index is 10.5. The molecule has 0 saturated carbocycles. The molecule has 0 bridgehead atoms. The molecule has 0 N–H and O–H groups in total. The Kier molecular flexibility index (Phi) is 2.55. The second kappa shape index (κ2) is 2.54. The van der Waals surface area contributed by atoms with E-state index in [1.165, 1.54) is 0 Å². The molecule has 0 aromatic rings. The SMILES string of the molecule is C[Si](=O)O[Si](C)(C)C. The van der Waals surface area contributed by atoms with Crippen LogP contribution in [0.25, 0.3) is 0 Å². The molecular weight excluding hydrogens is 136 g/mol. The maximum Gasteiger partial charge on any atom is 0.484 e. The molecule has 0 atom stereocenters. The molecule has 4 heteroatoms. The van der Waals surface area contributed by atoms with Crippen molar-refractivity contribution >= 4 is 17.2 Å². The number of hydrogen-bond acceptors (Lipinski definition) is 2. The lowest BCUT2D eigenvalue weighted by Gasteiger charge is -2.15. The first-order valence-corrected chi connectivity index (χ1v) is 7.84. The molecule has 0 spiro atoms.